The van der Waals surface area contributed by atoms with Crippen molar-refractivity contribution in [3.05, 3.63) is 42.0 Å². The number of rotatable bonds is 2. The van der Waals surface area contributed by atoms with Gasteiger partial charge in [-0.3, -0.25) is 4.79 Å². The molecule has 21 heavy (non-hydrogen) atoms. The van der Waals surface area contributed by atoms with Crippen LogP contribution in [-0.2, 0) is 9.31 Å². The highest BCUT2D eigenvalue weighted by Gasteiger charge is 2.52. The Morgan fingerprint density at radius 1 is 1.00 bits per heavy atom. The van der Waals surface area contributed by atoms with E-state index >= 15 is 0 Å². The predicted molar refractivity (Wildman–Crippen MR) is 84.2 cm³/mol. The summed E-state index contributed by atoms with van der Waals surface area (Å²) in [6.07, 6.45) is 0.892. The molecule has 1 saturated heterocycles. The maximum absolute atomic E-state index is 11.6. The molecule has 1 fully saturated rings. The summed E-state index contributed by atoms with van der Waals surface area (Å²) in [5.41, 5.74) is 2.59. The minimum Gasteiger partial charge on any atom is -0.399 e. The fourth-order valence-corrected chi connectivity index (χ4v) is 2.63. The van der Waals surface area contributed by atoms with Crippen LogP contribution in [0.3, 0.4) is 0 Å². The summed E-state index contributed by atoms with van der Waals surface area (Å²) in [6, 6.07) is 11.8. The monoisotopic (exact) mass is 282 g/mol. The molecule has 0 aromatic heterocycles. The van der Waals surface area contributed by atoms with E-state index in [-0.39, 0.29) is 0 Å². The van der Waals surface area contributed by atoms with Crippen molar-refractivity contribution in [2.75, 3.05) is 0 Å². The van der Waals surface area contributed by atoms with Gasteiger partial charge in [0.2, 0.25) is 0 Å². The van der Waals surface area contributed by atoms with E-state index in [1.54, 1.807) is 0 Å². The molecule has 4 heteroatoms. The average molecular weight is 282 g/mol. The van der Waals surface area contributed by atoms with Crippen molar-refractivity contribution >= 4 is 18.9 Å². The molecule has 0 aromatic carbocycles. The Balaban J connectivity index is 2.11. The van der Waals surface area contributed by atoms with Gasteiger partial charge in [0.25, 0.3) is 0 Å². The van der Waals surface area contributed by atoms with Gasteiger partial charge in [0.15, 0.2) is 0 Å². The fraction of sp³-hybridized carbons (Fsp3) is 0.353. The van der Waals surface area contributed by atoms with Crippen molar-refractivity contribution in [2.24, 2.45) is 0 Å². The lowest BCUT2D eigenvalue weighted by Crippen LogP contribution is -2.41. The number of fused-ring (bicyclic) bond motifs is 1. The van der Waals surface area contributed by atoms with Crippen LogP contribution in [-0.4, -0.2) is 24.6 Å². The standard InChI is InChI=1S/C17H19BO3/c1-16(2)17(3,4)21-18(20-16)15-10-12-8-6-5-7-9-13(12)14(15)11-19/h5-11H,1-4H3. The molecule has 0 spiro atoms. The first-order chi connectivity index (χ1) is 9.86. The molecule has 0 amide bonds. The fourth-order valence-electron chi connectivity index (χ4n) is 2.63. The Morgan fingerprint density at radius 3 is 2.24 bits per heavy atom. The molecule has 0 N–H and O–H groups in total. The molecule has 3 rings (SSSR count). The molecule has 3 aliphatic rings. The van der Waals surface area contributed by atoms with Gasteiger partial charge in [-0.15, -0.1) is 0 Å². The quantitative estimate of drug-likeness (QED) is 0.627. The van der Waals surface area contributed by atoms with E-state index in [4.69, 9.17) is 9.31 Å². The van der Waals surface area contributed by atoms with Crippen LogP contribution in [0.5, 0.6) is 0 Å². The Kier molecular flexibility index (Phi) is 3.19. The van der Waals surface area contributed by atoms with Gasteiger partial charge in [0, 0.05) is 5.56 Å². The van der Waals surface area contributed by atoms with E-state index < -0.39 is 18.3 Å². The zero-order chi connectivity index (χ0) is 15.3. The second-order valence-electron chi connectivity index (χ2n) is 6.50. The highest BCUT2D eigenvalue weighted by molar-refractivity contribution is 6.64. The minimum atomic E-state index is -0.507. The third kappa shape index (κ3) is 2.19. The van der Waals surface area contributed by atoms with E-state index in [1.807, 2.05) is 64.1 Å². The van der Waals surface area contributed by atoms with E-state index in [2.05, 4.69) is 0 Å². The van der Waals surface area contributed by atoms with Gasteiger partial charge >= 0.3 is 7.12 Å². The van der Waals surface area contributed by atoms with Gasteiger partial charge in [0.05, 0.1) is 11.2 Å². The van der Waals surface area contributed by atoms with Crippen molar-refractivity contribution in [1.29, 1.82) is 0 Å². The number of carbonyl (C=O) groups is 1. The highest BCUT2D eigenvalue weighted by atomic mass is 16.7. The third-order valence-electron chi connectivity index (χ3n) is 4.61. The average Bonchev–Trinajstić information content (AvgIpc) is 2.72. The first-order valence-corrected chi connectivity index (χ1v) is 7.18. The van der Waals surface area contributed by atoms with Gasteiger partial charge in [-0.1, -0.05) is 36.4 Å². The van der Waals surface area contributed by atoms with Crippen molar-refractivity contribution in [1.82, 2.24) is 0 Å². The summed E-state index contributed by atoms with van der Waals surface area (Å²) in [5.74, 6) is 0. The molecule has 0 bridgehead atoms. The Labute approximate surface area is 125 Å². The molecule has 108 valence electrons. The minimum absolute atomic E-state index is 0.411. The number of carbonyl (C=O) groups excluding carboxylic acids is 1. The summed E-state index contributed by atoms with van der Waals surface area (Å²) < 4.78 is 12.1. The maximum Gasteiger partial charge on any atom is 0.495 e. The van der Waals surface area contributed by atoms with Crippen LogP contribution in [0.25, 0.3) is 11.1 Å². The van der Waals surface area contributed by atoms with Gasteiger partial charge < -0.3 is 9.31 Å². The summed E-state index contributed by atoms with van der Waals surface area (Å²) in [4.78, 5) is 11.6. The molecule has 0 aromatic rings. The lowest BCUT2D eigenvalue weighted by atomic mass is 9.78. The summed E-state index contributed by atoms with van der Waals surface area (Å²) in [5, 5.41) is 0. The first kappa shape index (κ1) is 14.3. The van der Waals surface area contributed by atoms with E-state index in [0.29, 0.717) is 5.56 Å². The molecule has 2 aliphatic carbocycles. The van der Waals surface area contributed by atoms with Crippen molar-refractivity contribution < 1.29 is 14.1 Å². The molecule has 0 radical (unpaired) electrons. The molecular weight excluding hydrogens is 263 g/mol. The van der Waals surface area contributed by atoms with Crippen LogP contribution in [0, 0.1) is 0 Å². The second kappa shape index (κ2) is 4.68. The lowest BCUT2D eigenvalue weighted by molar-refractivity contribution is 0.00578. The van der Waals surface area contributed by atoms with E-state index in [0.717, 1.165) is 22.9 Å². The second-order valence-corrected chi connectivity index (χ2v) is 6.50. The third-order valence-corrected chi connectivity index (χ3v) is 4.61. The van der Waals surface area contributed by atoms with Crippen LogP contribution in [0.15, 0.2) is 36.4 Å². The summed E-state index contributed by atoms with van der Waals surface area (Å²) in [6.45, 7) is 8.04. The van der Waals surface area contributed by atoms with Gasteiger partial charge in [-0.05, 0) is 44.3 Å². The molecule has 1 heterocycles. The highest BCUT2D eigenvalue weighted by Crippen LogP contribution is 2.37. The van der Waals surface area contributed by atoms with Crippen LogP contribution in [0.1, 0.15) is 38.1 Å². The van der Waals surface area contributed by atoms with Gasteiger partial charge in [0.1, 0.15) is 6.29 Å². The van der Waals surface area contributed by atoms with Crippen molar-refractivity contribution in [3.63, 3.8) is 0 Å². The summed E-state index contributed by atoms with van der Waals surface area (Å²) >= 11 is 0. The number of aldehydes is 1. The molecule has 0 atom stereocenters. The van der Waals surface area contributed by atoms with Crippen molar-refractivity contribution in [2.45, 2.75) is 38.9 Å². The molecule has 0 unspecified atom stereocenters. The van der Waals surface area contributed by atoms with Crippen molar-refractivity contribution in [3.8, 4) is 11.1 Å². The summed E-state index contributed by atoms with van der Waals surface area (Å²) in [7, 11) is -0.507. The smallest absolute Gasteiger partial charge is 0.399 e. The SMILES string of the molecule is CC1(C)OB(c2cc3cccccc-3c2C=O)OC1(C)C. The Hall–Kier alpha value is -1.65. The normalized spacial score (nSPS) is 19.9. The number of hydrogen-bond donors (Lipinski definition) is 0. The van der Waals surface area contributed by atoms with Gasteiger partial charge in [-0.2, -0.15) is 0 Å². The Bertz CT molecular complexity index is 647. The molecule has 1 aliphatic heterocycles. The van der Waals surface area contributed by atoms with Crippen LogP contribution >= 0.6 is 0 Å². The maximum atomic E-state index is 11.6. The topological polar surface area (TPSA) is 35.5 Å². The molecule has 3 nitrogen and oxygen atoms in total. The van der Waals surface area contributed by atoms with Crippen LogP contribution in [0.4, 0.5) is 0 Å². The lowest BCUT2D eigenvalue weighted by Gasteiger charge is -2.32. The largest absolute Gasteiger partial charge is 0.495 e. The van der Waals surface area contributed by atoms with Gasteiger partial charge in [-0.25, -0.2) is 0 Å². The predicted octanol–water partition coefficient (Wildman–Crippen LogP) is 2.90. The zero-order valence-corrected chi connectivity index (χ0v) is 12.8. The zero-order valence-electron chi connectivity index (χ0n) is 12.8. The molecule has 0 saturated carbocycles. The van der Waals surface area contributed by atoms with E-state index in [1.165, 1.54) is 0 Å². The van der Waals surface area contributed by atoms with Crippen LogP contribution in [0.2, 0.25) is 0 Å². The van der Waals surface area contributed by atoms with E-state index in [9.17, 15) is 4.79 Å². The Morgan fingerprint density at radius 2 is 1.62 bits per heavy atom. The van der Waals surface area contributed by atoms with Crippen LogP contribution < -0.4 is 5.46 Å². The molecular formula is C17H19BO3. The first-order valence-electron chi connectivity index (χ1n) is 7.18. The number of hydrogen-bond acceptors (Lipinski definition) is 3.